The molecule has 2 bridgehead atoms. The zero-order valence-corrected chi connectivity index (χ0v) is 21.6. The molecule has 1 atom stereocenters. The maximum Gasteiger partial charge on any atom is 0.147 e. The van der Waals surface area contributed by atoms with Crippen LogP contribution in [0.3, 0.4) is 0 Å². The number of ether oxygens (including phenoxy) is 1. The normalized spacial score (nSPS) is 19.9. The van der Waals surface area contributed by atoms with Gasteiger partial charge in [-0.3, -0.25) is 0 Å². The number of aryl methyl sites for hydroxylation is 1. The van der Waals surface area contributed by atoms with Gasteiger partial charge in [-0.1, -0.05) is 75.8 Å². The molecule has 0 saturated carbocycles. The predicted octanol–water partition coefficient (Wildman–Crippen LogP) is 8.46. The number of nitrogens with one attached hydrogen (secondary N) is 2. The molecule has 0 radical (unpaired) electrons. The van der Waals surface area contributed by atoms with Gasteiger partial charge in [0.2, 0.25) is 0 Å². The SMILES string of the molecule is CCCC1CCCCCCCCc2cc1c(/C=C1\N=C(c3ccc[nH]3)C=C1OCc1ccccc1)[nH]2. The van der Waals surface area contributed by atoms with E-state index in [1.807, 2.05) is 18.3 Å². The molecule has 4 heteroatoms. The summed E-state index contributed by atoms with van der Waals surface area (Å²) in [7, 11) is 0. The van der Waals surface area contributed by atoms with Gasteiger partial charge in [0.1, 0.15) is 18.1 Å². The van der Waals surface area contributed by atoms with Crippen molar-refractivity contribution in [2.24, 2.45) is 4.99 Å². The molecule has 3 heterocycles. The van der Waals surface area contributed by atoms with Crippen molar-refractivity contribution in [1.29, 1.82) is 0 Å². The molecule has 0 saturated heterocycles. The van der Waals surface area contributed by atoms with E-state index >= 15 is 0 Å². The second kappa shape index (κ2) is 12.1. The third kappa shape index (κ3) is 6.10. The van der Waals surface area contributed by atoms with Gasteiger partial charge in [-0.05, 0) is 67.0 Å². The molecule has 36 heavy (non-hydrogen) atoms. The molecule has 1 aromatic carbocycles. The predicted molar refractivity (Wildman–Crippen MR) is 149 cm³/mol. The number of nitrogens with zero attached hydrogens (tertiary/aromatic N) is 1. The molecule has 0 spiro atoms. The van der Waals surface area contributed by atoms with Crippen LogP contribution in [0.25, 0.3) is 6.08 Å². The Hall–Kier alpha value is -3.27. The summed E-state index contributed by atoms with van der Waals surface area (Å²) in [6, 6.07) is 16.9. The van der Waals surface area contributed by atoms with E-state index in [9.17, 15) is 0 Å². The highest BCUT2D eigenvalue weighted by Gasteiger charge is 2.22. The Balaban J connectivity index is 1.48. The van der Waals surface area contributed by atoms with Crippen molar-refractivity contribution in [3.8, 4) is 0 Å². The Morgan fingerprint density at radius 3 is 2.64 bits per heavy atom. The van der Waals surface area contributed by atoms with Crippen molar-refractivity contribution in [3.05, 3.63) is 100 Å². The fourth-order valence-electron chi connectivity index (χ4n) is 5.49. The molecule has 2 N–H and O–H groups in total. The molecular weight excluding hydrogens is 442 g/mol. The zero-order valence-electron chi connectivity index (χ0n) is 21.6. The van der Waals surface area contributed by atoms with Crippen LogP contribution < -0.4 is 0 Å². The summed E-state index contributed by atoms with van der Waals surface area (Å²) < 4.78 is 6.35. The van der Waals surface area contributed by atoms with Gasteiger partial charge >= 0.3 is 0 Å². The van der Waals surface area contributed by atoms with Gasteiger partial charge in [-0.25, -0.2) is 4.99 Å². The molecule has 1 aliphatic carbocycles. The number of rotatable bonds is 7. The van der Waals surface area contributed by atoms with Crippen LogP contribution >= 0.6 is 0 Å². The van der Waals surface area contributed by atoms with Crippen LogP contribution in [0.1, 0.15) is 98.8 Å². The van der Waals surface area contributed by atoms with Gasteiger partial charge in [-0.2, -0.15) is 0 Å². The first-order valence-electron chi connectivity index (χ1n) is 13.8. The van der Waals surface area contributed by atoms with Gasteiger partial charge in [0.05, 0.1) is 11.4 Å². The van der Waals surface area contributed by atoms with Crippen molar-refractivity contribution in [1.82, 2.24) is 9.97 Å². The number of aromatic amines is 2. The average Bonchev–Trinajstić information content (AvgIpc) is 3.64. The molecule has 3 aromatic rings. The van der Waals surface area contributed by atoms with Gasteiger partial charge in [0.15, 0.2) is 0 Å². The lowest BCUT2D eigenvalue weighted by molar-refractivity contribution is 0.208. The molecule has 2 aromatic heterocycles. The summed E-state index contributed by atoms with van der Waals surface area (Å²) in [5.74, 6) is 1.42. The second-order valence-corrected chi connectivity index (χ2v) is 10.2. The van der Waals surface area contributed by atoms with E-state index in [1.54, 1.807) is 0 Å². The molecule has 0 fully saturated rings. The number of benzene rings is 1. The van der Waals surface area contributed by atoms with Crippen LogP contribution in [0.4, 0.5) is 0 Å². The van der Waals surface area contributed by atoms with E-state index in [1.165, 1.54) is 74.7 Å². The number of fused-ring (bicyclic) bond motifs is 2. The zero-order chi connectivity index (χ0) is 24.6. The number of H-pyrrole nitrogens is 2. The summed E-state index contributed by atoms with van der Waals surface area (Å²) in [6.45, 7) is 2.84. The van der Waals surface area contributed by atoms with Gasteiger partial charge in [-0.15, -0.1) is 0 Å². The lowest BCUT2D eigenvalue weighted by Crippen LogP contribution is -2.01. The number of aromatic nitrogens is 2. The summed E-state index contributed by atoms with van der Waals surface area (Å²) in [6.07, 6.45) is 19.1. The first kappa shape index (κ1) is 24.4. The summed E-state index contributed by atoms with van der Waals surface area (Å²) in [5, 5.41) is 0. The van der Waals surface area contributed by atoms with Crippen LogP contribution in [0, 0.1) is 0 Å². The average molecular weight is 482 g/mol. The quantitative estimate of drug-likeness (QED) is 0.349. The van der Waals surface area contributed by atoms with E-state index < -0.39 is 0 Å². The molecule has 188 valence electrons. The van der Waals surface area contributed by atoms with E-state index in [-0.39, 0.29) is 0 Å². The number of aliphatic imine (C=N–C) groups is 1. The standard InChI is InChI=1S/C32H39N3O/c1-2-13-25-16-10-5-3-4-6-11-17-26-20-27(25)29(34-26)21-31-32(36-23-24-14-8-7-9-15-24)22-30(35-31)28-18-12-19-33-28/h7-9,12,14-15,18-22,25,33-34H,2-6,10-11,13,16-17,23H2,1H3/b31-21-. The maximum atomic E-state index is 6.35. The van der Waals surface area contributed by atoms with Crippen molar-refractivity contribution >= 4 is 11.8 Å². The minimum absolute atomic E-state index is 0.527. The lowest BCUT2D eigenvalue weighted by atomic mass is 9.88. The van der Waals surface area contributed by atoms with Crippen molar-refractivity contribution in [2.45, 2.75) is 83.7 Å². The van der Waals surface area contributed by atoms with Crippen molar-refractivity contribution in [2.75, 3.05) is 0 Å². The first-order chi connectivity index (χ1) is 17.8. The third-order valence-corrected chi connectivity index (χ3v) is 7.41. The molecule has 1 aliphatic heterocycles. The van der Waals surface area contributed by atoms with Crippen LogP contribution in [-0.4, -0.2) is 15.7 Å². The van der Waals surface area contributed by atoms with Gasteiger partial charge < -0.3 is 14.7 Å². The summed E-state index contributed by atoms with van der Waals surface area (Å²) in [5.41, 5.74) is 8.01. The fraction of sp³-hybridized carbons (Fsp3) is 0.406. The molecule has 2 aliphatic rings. The highest BCUT2D eigenvalue weighted by Crippen LogP contribution is 2.35. The molecule has 0 amide bonds. The minimum Gasteiger partial charge on any atom is -0.487 e. The fourth-order valence-corrected chi connectivity index (χ4v) is 5.49. The number of hydrogen-bond acceptors (Lipinski definition) is 2. The van der Waals surface area contributed by atoms with E-state index in [0.717, 1.165) is 34.8 Å². The van der Waals surface area contributed by atoms with E-state index in [4.69, 9.17) is 9.73 Å². The largest absolute Gasteiger partial charge is 0.487 e. The highest BCUT2D eigenvalue weighted by molar-refractivity contribution is 6.11. The lowest BCUT2D eigenvalue weighted by Gasteiger charge is -2.17. The van der Waals surface area contributed by atoms with E-state index in [0.29, 0.717) is 12.5 Å². The maximum absolute atomic E-state index is 6.35. The summed E-state index contributed by atoms with van der Waals surface area (Å²) >= 11 is 0. The van der Waals surface area contributed by atoms with Gasteiger partial charge in [0, 0.05) is 23.7 Å². The van der Waals surface area contributed by atoms with E-state index in [2.05, 4.69) is 65.4 Å². The molecule has 4 nitrogen and oxygen atoms in total. The second-order valence-electron chi connectivity index (χ2n) is 10.2. The molecule has 1 unspecified atom stereocenters. The third-order valence-electron chi connectivity index (χ3n) is 7.41. The van der Waals surface area contributed by atoms with Crippen LogP contribution in [-0.2, 0) is 17.8 Å². The smallest absolute Gasteiger partial charge is 0.147 e. The topological polar surface area (TPSA) is 53.2 Å². The van der Waals surface area contributed by atoms with Crippen LogP contribution in [0.2, 0.25) is 0 Å². The minimum atomic E-state index is 0.527. The van der Waals surface area contributed by atoms with Crippen molar-refractivity contribution < 1.29 is 4.74 Å². The van der Waals surface area contributed by atoms with Crippen LogP contribution in [0.15, 0.2) is 77.3 Å². The Morgan fingerprint density at radius 1 is 1.00 bits per heavy atom. The Kier molecular flexibility index (Phi) is 8.22. The number of hydrogen-bond donors (Lipinski definition) is 2. The molecular formula is C32H39N3O. The number of allylic oxidation sites excluding steroid dienone is 1. The monoisotopic (exact) mass is 481 g/mol. The first-order valence-corrected chi connectivity index (χ1v) is 13.8. The molecule has 5 rings (SSSR count). The Bertz CT molecular complexity index is 1200. The van der Waals surface area contributed by atoms with Crippen molar-refractivity contribution in [3.63, 3.8) is 0 Å². The summed E-state index contributed by atoms with van der Waals surface area (Å²) in [4.78, 5) is 12.1. The van der Waals surface area contributed by atoms with Crippen LogP contribution in [0.5, 0.6) is 0 Å². The Labute approximate surface area is 215 Å². The Morgan fingerprint density at radius 2 is 1.83 bits per heavy atom. The van der Waals surface area contributed by atoms with Gasteiger partial charge in [0.25, 0.3) is 0 Å². The highest BCUT2D eigenvalue weighted by atomic mass is 16.5.